The third-order valence-electron chi connectivity index (χ3n) is 3.47. The average Bonchev–Trinajstić information content (AvgIpc) is 3.12. The lowest BCUT2D eigenvalue weighted by Gasteiger charge is -2.16. The molecule has 1 aromatic carbocycles. The first kappa shape index (κ1) is 20.5. The number of carbonyl (C=O) groups excluding carboxylic acids is 1. The first-order chi connectivity index (χ1) is 13.0. The van der Waals surface area contributed by atoms with Gasteiger partial charge in [-0.1, -0.05) is 19.0 Å². The Morgan fingerprint density at radius 3 is 2.11 bits per heavy atom. The summed E-state index contributed by atoms with van der Waals surface area (Å²) in [6.45, 7) is 10.6. The molecule has 0 radical (unpaired) electrons. The highest BCUT2D eigenvalue weighted by atomic mass is 16.6. The van der Waals surface area contributed by atoms with Gasteiger partial charge < -0.3 is 23.5 Å². The number of carbonyl (C=O) groups is 1. The molecule has 0 aliphatic heterocycles. The van der Waals surface area contributed by atoms with Crippen molar-refractivity contribution in [2.45, 2.75) is 47.1 Å². The standard InChI is InChI=1S/C19H26N2O6/c1-6-23-14-9-13(10-15(24-7-2)17(14)25-8-3)19(22)26-11-16-20-18(12(4)5)21-27-16/h9-10,12H,6-8,11H2,1-5H3. The van der Waals surface area contributed by atoms with Crippen molar-refractivity contribution in [1.82, 2.24) is 10.1 Å². The van der Waals surface area contributed by atoms with Gasteiger partial charge in [0.2, 0.25) is 5.75 Å². The van der Waals surface area contributed by atoms with E-state index in [0.29, 0.717) is 42.9 Å². The summed E-state index contributed by atoms with van der Waals surface area (Å²) in [6.07, 6.45) is 0. The quantitative estimate of drug-likeness (QED) is 0.577. The van der Waals surface area contributed by atoms with Gasteiger partial charge in [-0.2, -0.15) is 4.98 Å². The predicted octanol–water partition coefficient (Wildman–Crippen LogP) is 3.75. The van der Waals surface area contributed by atoms with E-state index >= 15 is 0 Å². The highest BCUT2D eigenvalue weighted by Gasteiger charge is 2.20. The molecule has 1 aromatic heterocycles. The maximum absolute atomic E-state index is 12.5. The molecule has 2 aromatic rings. The van der Waals surface area contributed by atoms with E-state index in [9.17, 15) is 4.79 Å². The summed E-state index contributed by atoms with van der Waals surface area (Å²) in [5.74, 6) is 1.72. The second kappa shape index (κ2) is 9.80. The Kier molecular flexibility index (Phi) is 7.45. The zero-order valence-corrected chi connectivity index (χ0v) is 16.4. The average molecular weight is 378 g/mol. The molecule has 8 nitrogen and oxygen atoms in total. The topological polar surface area (TPSA) is 92.9 Å². The Hall–Kier alpha value is -2.77. The van der Waals surface area contributed by atoms with Crippen LogP contribution in [0.2, 0.25) is 0 Å². The van der Waals surface area contributed by atoms with Gasteiger partial charge in [-0.05, 0) is 32.9 Å². The second-order valence-corrected chi connectivity index (χ2v) is 5.88. The van der Waals surface area contributed by atoms with Crippen molar-refractivity contribution < 1.29 is 28.3 Å². The van der Waals surface area contributed by atoms with Crippen LogP contribution in [0, 0.1) is 0 Å². The van der Waals surface area contributed by atoms with Gasteiger partial charge in [0.05, 0.1) is 25.4 Å². The van der Waals surface area contributed by atoms with E-state index in [4.69, 9.17) is 23.5 Å². The molecular formula is C19H26N2O6. The van der Waals surface area contributed by atoms with Crippen molar-refractivity contribution in [3.05, 3.63) is 29.4 Å². The van der Waals surface area contributed by atoms with Crippen LogP contribution in [-0.4, -0.2) is 35.9 Å². The van der Waals surface area contributed by atoms with Crippen LogP contribution in [0.1, 0.15) is 62.6 Å². The third-order valence-corrected chi connectivity index (χ3v) is 3.47. The van der Waals surface area contributed by atoms with E-state index in [1.165, 1.54) is 0 Å². The summed E-state index contributed by atoms with van der Waals surface area (Å²) in [5.41, 5.74) is 0.286. The van der Waals surface area contributed by atoms with Crippen LogP contribution in [0.4, 0.5) is 0 Å². The highest BCUT2D eigenvalue weighted by Crippen LogP contribution is 2.39. The molecule has 148 valence electrons. The number of benzene rings is 1. The maximum atomic E-state index is 12.5. The van der Waals surface area contributed by atoms with Crippen LogP contribution in [0.3, 0.4) is 0 Å². The predicted molar refractivity (Wildman–Crippen MR) is 97.5 cm³/mol. The summed E-state index contributed by atoms with van der Waals surface area (Å²) >= 11 is 0. The van der Waals surface area contributed by atoms with Crippen LogP contribution >= 0.6 is 0 Å². The molecule has 0 aliphatic rings. The van der Waals surface area contributed by atoms with Gasteiger partial charge in [-0.25, -0.2) is 4.79 Å². The van der Waals surface area contributed by atoms with E-state index in [-0.39, 0.29) is 24.0 Å². The molecule has 0 saturated carbocycles. The number of nitrogens with zero attached hydrogens (tertiary/aromatic N) is 2. The molecule has 27 heavy (non-hydrogen) atoms. The number of esters is 1. The molecule has 8 heteroatoms. The number of ether oxygens (including phenoxy) is 4. The summed E-state index contributed by atoms with van der Waals surface area (Å²) < 4.78 is 27.2. The Morgan fingerprint density at radius 1 is 1.04 bits per heavy atom. The zero-order chi connectivity index (χ0) is 19.8. The molecular weight excluding hydrogens is 352 g/mol. The minimum Gasteiger partial charge on any atom is -0.490 e. The fourth-order valence-electron chi connectivity index (χ4n) is 2.28. The Bertz CT molecular complexity index is 729. The largest absolute Gasteiger partial charge is 0.490 e. The van der Waals surface area contributed by atoms with Gasteiger partial charge >= 0.3 is 5.97 Å². The van der Waals surface area contributed by atoms with Gasteiger partial charge in [0.1, 0.15) is 0 Å². The molecule has 1 heterocycles. The van der Waals surface area contributed by atoms with Crippen molar-refractivity contribution in [3.63, 3.8) is 0 Å². The Balaban J connectivity index is 2.20. The van der Waals surface area contributed by atoms with Crippen molar-refractivity contribution in [2.75, 3.05) is 19.8 Å². The molecule has 0 amide bonds. The van der Waals surface area contributed by atoms with Crippen molar-refractivity contribution in [1.29, 1.82) is 0 Å². The van der Waals surface area contributed by atoms with Crippen LogP contribution in [-0.2, 0) is 11.3 Å². The number of hydrogen-bond donors (Lipinski definition) is 0. The van der Waals surface area contributed by atoms with Crippen molar-refractivity contribution >= 4 is 5.97 Å². The molecule has 0 aliphatic carbocycles. The van der Waals surface area contributed by atoms with Gasteiger partial charge in [-0.3, -0.25) is 0 Å². The Labute approximate surface area is 158 Å². The SMILES string of the molecule is CCOc1cc(C(=O)OCc2nc(C(C)C)no2)cc(OCC)c1OCC. The minimum atomic E-state index is -0.552. The van der Waals surface area contributed by atoms with E-state index in [0.717, 1.165) is 0 Å². The third kappa shape index (κ3) is 5.35. The van der Waals surface area contributed by atoms with E-state index < -0.39 is 5.97 Å². The monoisotopic (exact) mass is 378 g/mol. The van der Waals surface area contributed by atoms with E-state index in [1.54, 1.807) is 12.1 Å². The van der Waals surface area contributed by atoms with E-state index in [1.807, 2.05) is 34.6 Å². The molecule has 0 N–H and O–H groups in total. The molecule has 0 fully saturated rings. The van der Waals surface area contributed by atoms with E-state index in [2.05, 4.69) is 10.1 Å². The van der Waals surface area contributed by atoms with Crippen LogP contribution < -0.4 is 14.2 Å². The van der Waals surface area contributed by atoms with Crippen molar-refractivity contribution in [2.24, 2.45) is 0 Å². The second-order valence-electron chi connectivity index (χ2n) is 5.88. The van der Waals surface area contributed by atoms with Crippen LogP contribution in [0.5, 0.6) is 17.2 Å². The first-order valence-corrected chi connectivity index (χ1v) is 9.06. The van der Waals surface area contributed by atoms with Crippen molar-refractivity contribution in [3.8, 4) is 17.2 Å². The maximum Gasteiger partial charge on any atom is 0.338 e. The molecule has 0 spiro atoms. The molecule has 0 atom stereocenters. The fourth-order valence-corrected chi connectivity index (χ4v) is 2.28. The van der Waals surface area contributed by atoms with Gasteiger partial charge in [0.25, 0.3) is 5.89 Å². The lowest BCUT2D eigenvalue weighted by molar-refractivity contribution is 0.0428. The first-order valence-electron chi connectivity index (χ1n) is 9.06. The molecule has 0 bridgehead atoms. The minimum absolute atomic E-state index is 0.111. The summed E-state index contributed by atoms with van der Waals surface area (Å²) in [4.78, 5) is 16.7. The smallest absolute Gasteiger partial charge is 0.338 e. The van der Waals surface area contributed by atoms with Gasteiger partial charge in [-0.15, -0.1) is 0 Å². The van der Waals surface area contributed by atoms with Crippen LogP contribution in [0.15, 0.2) is 16.7 Å². The zero-order valence-electron chi connectivity index (χ0n) is 16.4. The van der Waals surface area contributed by atoms with Gasteiger partial charge in [0, 0.05) is 5.92 Å². The van der Waals surface area contributed by atoms with Crippen LogP contribution in [0.25, 0.3) is 0 Å². The summed E-state index contributed by atoms with van der Waals surface area (Å²) in [6, 6.07) is 3.15. The molecule has 0 saturated heterocycles. The summed E-state index contributed by atoms with van der Waals surface area (Å²) in [7, 11) is 0. The fraction of sp³-hybridized carbons (Fsp3) is 0.526. The Morgan fingerprint density at radius 2 is 1.63 bits per heavy atom. The summed E-state index contributed by atoms with van der Waals surface area (Å²) in [5, 5.41) is 3.84. The highest BCUT2D eigenvalue weighted by molar-refractivity contribution is 5.91. The number of hydrogen-bond acceptors (Lipinski definition) is 8. The lowest BCUT2D eigenvalue weighted by Crippen LogP contribution is -2.09. The number of rotatable bonds is 10. The molecule has 2 rings (SSSR count). The number of aromatic nitrogens is 2. The normalized spacial score (nSPS) is 10.7. The lowest BCUT2D eigenvalue weighted by atomic mass is 10.2. The molecule has 0 unspecified atom stereocenters. The van der Waals surface area contributed by atoms with Gasteiger partial charge in [0.15, 0.2) is 23.9 Å².